The molecule has 0 aliphatic carbocycles. The largest absolute Gasteiger partial charge is 0.573 e. The number of nitrogens with one attached hydrogen (secondary N) is 3. The summed E-state index contributed by atoms with van der Waals surface area (Å²) in [5, 5.41) is 27.4. The number of aromatic carboxylic acids is 1. The van der Waals surface area contributed by atoms with Crippen molar-refractivity contribution < 1.29 is 37.1 Å². The van der Waals surface area contributed by atoms with Crippen LogP contribution in [-0.2, 0) is 11.3 Å². The summed E-state index contributed by atoms with van der Waals surface area (Å²) < 4.78 is 52.0. The fraction of sp³-hybridized carbons (Fsp3) is 0.320. The Balaban J connectivity index is 1.14. The molecule has 38 heavy (non-hydrogen) atoms. The fourth-order valence-electron chi connectivity index (χ4n) is 3.84. The van der Waals surface area contributed by atoms with E-state index in [-0.39, 0.29) is 12.1 Å². The van der Waals surface area contributed by atoms with Crippen LogP contribution in [0.5, 0.6) is 5.75 Å². The van der Waals surface area contributed by atoms with Crippen LogP contribution in [0.4, 0.5) is 18.9 Å². The summed E-state index contributed by atoms with van der Waals surface area (Å²) in [7, 11) is 0. The molecule has 4 rings (SSSR count). The highest BCUT2D eigenvalue weighted by molar-refractivity contribution is 5.95. The van der Waals surface area contributed by atoms with Crippen molar-refractivity contribution in [1.82, 2.24) is 20.7 Å². The summed E-state index contributed by atoms with van der Waals surface area (Å²) in [6.07, 6.45) is 1.63. The first-order valence-corrected chi connectivity index (χ1v) is 11.8. The topological polar surface area (TPSA) is 135 Å². The van der Waals surface area contributed by atoms with Crippen LogP contribution in [0, 0.1) is 0 Å². The standard InChI is InChI=1S/C25H26F3N5O5/c26-25(27,28)38-20-8-16(7-18(9-20)24(34)35)12-29-3-1-2-5-36-6-4-30-22-10-17(19-13-32-37-15-19)11-23-21(22)14-31-33-23/h7-11,13-15,29-30H,1-6,12H2,(H,31,33)(H,34,35). The van der Waals surface area contributed by atoms with E-state index in [1.54, 1.807) is 18.7 Å². The number of benzene rings is 2. The molecule has 202 valence electrons. The van der Waals surface area contributed by atoms with Gasteiger partial charge >= 0.3 is 12.3 Å². The normalized spacial score (nSPS) is 11.7. The van der Waals surface area contributed by atoms with E-state index >= 15 is 0 Å². The van der Waals surface area contributed by atoms with E-state index in [2.05, 4.69) is 30.7 Å². The summed E-state index contributed by atoms with van der Waals surface area (Å²) in [5.74, 6) is -1.89. The number of aromatic amines is 1. The molecular weight excluding hydrogens is 507 g/mol. The van der Waals surface area contributed by atoms with Crippen molar-refractivity contribution in [2.24, 2.45) is 0 Å². The molecule has 0 atom stereocenters. The zero-order chi connectivity index (χ0) is 27.0. The number of alkyl halides is 3. The maximum atomic E-state index is 12.5. The molecular formula is C25H26F3N5O5. The number of hydrogen-bond acceptors (Lipinski definition) is 8. The van der Waals surface area contributed by atoms with Crippen LogP contribution in [0.1, 0.15) is 28.8 Å². The predicted octanol–water partition coefficient (Wildman–Crippen LogP) is 4.81. The predicted molar refractivity (Wildman–Crippen MR) is 132 cm³/mol. The maximum absolute atomic E-state index is 12.5. The fourth-order valence-corrected chi connectivity index (χ4v) is 3.84. The van der Waals surface area contributed by atoms with Crippen molar-refractivity contribution in [2.75, 3.05) is 31.6 Å². The zero-order valence-corrected chi connectivity index (χ0v) is 20.2. The van der Waals surface area contributed by atoms with E-state index in [0.29, 0.717) is 31.9 Å². The van der Waals surface area contributed by atoms with Crippen LogP contribution in [0.3, 0.4) is 0 Å². The molecule has 0 spiro atoms. The van der Waals surface area contributed by atoms with Gasteiger partial charge in [-0.05, 0) is 60.8 Å². The number of anilines is 1. The summed E-state index contributed by atoms with van der Waals surface area (Å²) in [5.41, 5.74) is 3.71. The van der Waals surface area contributed by atoms with Gasteiger partial charge in [0.2, 0.25) is 0 Å². The quantitative estimate of drug-likeness (QED) is 0.168. The van der Waals surface area contributed by atoms with Gasteiger partial charge in [0.15, 0.2) is 0 Å². The van der Waals surface area contributed by atoms with Gasteiger partial charge in [0.05, 0.1) is 30.1 Å². The highest BCUT2D eigenvalue weighted by Crippen LogP contribution is 2.30. The molecule has 0 fully saturated rings. The van der Waals surface area contributed by atoms with Crippen LogP contribution in [0.2, 0.25) is 0 Å². The van der Waals surface area contributed by atoms with Gasteiger partial charge in [0.25, 0.3) is 0 Å². The highest BCUT2D eigenvalue weighted by Gasteiger charge is 2.31. The van der Waals surface area contributed by atoms with Crippen molar-refractivity contribution in [2.45, 2.75) is 25.7 Å². The lowest BCUT2D eigenvalue weighted by Gasteiger charge is -2.12. The number of nitrogens with zero attached hydrogens (tertiary/aromatic N) is 2. The second kappa shape index (κ2) is 12.4. The van der Waals surface area contributed by atoms with E-state index < -0.39 is 18.1 Å². The smallest absolute Gasteiger partial charge is 0.478 e. The SMILES string of the molecule is O=C(O)c1cc(CNCCCCOCCNc2cc(-c3cnoc3)cc3[nH]ncc23)cc(OC(F)(F)F)c1. The lowest BCUT2D eigenvalue weighted by Crippen LogP contribution is -2.19. The Labute approximate surface area is 215 Å². The average molecular weight is 534 g/mol. The Morgan fingerprint density at radius 2 is 1.92 bits per heavy atom. The number of rotatable bonds is 14. The summed E-state index contributed by atoms with van der Waals surface area (Å²) in [6, 6.07) is 7.30. The van der Waals surface area contributed by atoms with Crippen molar-refractivity contribution in [3.63, 3.8) is 0 Å². The number of carboxylic acid groups (broad SMARTS) is 1. The van der Waals surface area contributed by atoms with Gasteiger partial charge in [-0.2, -0.15) is 5.10 Å². The number of H-pyrrole nitrogens is 1. The Bertz CT molecular complexity index is 1340. The van der Waals surface area contributed by atoms with E-state index in [1.807, 2.05) is 12.1 Å². The van der Waals surface area contributed by atoms with Crippen LogP contribution in [0.15, 0.2) is 53.5 Å². The zero-order valence-electron chi connectivity index (χ0n) is 20.2. The number of halogens is 3. The van der Waals surface area contributed by atoms with Gasteiger partial charge in [-0.15, -0.1) is 13.2 Å². The van der Waals surface area contributed by atoms with Gasteiger partial charge in [0, 0.05) is 36.3 Å². The van der Waals surface area contributed by atoms with Crippen molar-refractivity contribution >= 4 is 22.6 Å². The maximum Gasteiger partial charge on any atom is 0.573 e. The lowest BCUT2D eigenvalue weighted by molar-refractivity contribution is -0.274. The average Bonchev–Trinajstić information content (AvgIpc) is 3.56. The van der Waals surface area contributed by atoms with E-state index in [1.165, 1.54) is 12.1 Å². The number of carbonyl (C=O) groups is 1. The molecule has 0 saturated carbocycles. The van der Waals surface area contributed by atoms with Gasteiger partial charge in [-0.3, -0.25) is 5.10 Å². The van der Waals surface area contributed by atoms with Crippen LogP contribution in [-0.4, -0.2) is 59.1 Å². The molecule has 0 unspecified atom stereocenters. The highest BCUT2D eigenvalue weighted by atomic mass is 19.4. The number of carboxylic acids is 1. The minimum atomic E-state index is -4.90. The molecule has 2 heterocycles. The third-order valence-electron chi connectivity index (χ3n) is 5.55. The first-order chi connectivity index (χ1) is 18.3. The van der Waals surface area contributed by atoms with E-state index in [4.69, 9.17) is 14.4 Å². The molecule has 0 bridgehead atoms. The molecule has 0 aliphatic heterocycles. The molecule has 0 amide bonds. The second-order valence-corrected chi connectivity index (χ2v) is 8.41. The number of aromatic nitrogens is 3. The summed E-state index contributed by atoms with van der Waals surface area (Å²) >= 11 is 0. The van der Waals surface area contributed by atoms with Crippen LogP contribution in [0.25, 0.3) is 22.0 Å². The first kappa shape index (κ1) is 26.9. The van der Waals surface area contributed by atoms with Crippen LogP contribution < -0.4 is 15.4 Å². The Morgan fingerprint density at radius 3 is 2.68 bits per heavy atom. The molecule has 4 N–H and O–H groups in total. The Morgan fingerprint density at radius 1 is 1.05 bits per heavy atom. The van der Waals surface area contributed by atoms with Gasteiger partial charge < -0.3 is 29.7 Å². The lowest BCUT2D eigenvalue weighted by atomic mass is 10.1. The number of unbranched alkanes of at least 4 members (excludes halogenated alkanes) is 1. The second-order valence-electron chi connectivity index (χ2n) is 8.41. The molecule has 10 nitrogen and oxygen atoms in total. The van der Waals surface area contributed by atoms with Crippen molar-refractivity contribution in [3.05, 3.63) is 60.1 Å². The number of hydrogen-bond donors (Lipinski definition) is 4. The molecule has 13 heteroatoms. The molecule has 0 aliphatic rings. The molecule has 2 aromatic heterocycles. The summed E-state index contributed by atoms with van der Waals surface area (Å²) in [4.78, 5) is 11.2. The van der Waals surface area contributed by atoms with Crippen molar-refractivity contribution in [3.8, 4) is 16.9 Å². The summed E-state index contributed by atoms with van der Waals surface area (Å²) in [6.45, 7) is 2.42. The number of fused-ring (bicyclic) bond motifs is 1. The van der Waals surface area contributed by atoms with Gasteiger partial charge in [0.1, 0.15) is 12.0 Å². The molecule has 0 saturated heterocycles. The number of ether oxygens (including phenoxy) is 2. The van der Waals surface area contributed by atoms with E-state index in [9.17, 15) is 18.0 Å². The molecule has 0 radical (unpaired) electrons. The minimum absolute atomic E-state index is 0.205. The third kappa shape index (κ3) is 7.70. The Kier molecular flexibility index (Phi) is 8.81. The third-order valence-corrected chi connectivity index (χ3v) is 5.55. The Hall–Kier alpha value is -4.10. The minimum Gasteiger partial charge on any atom is -0.478 e. The monoisotopic (exact) mass is 533 g/mol. The van der Waals surface area contributed by atoms with E-state index in [0.717, 1.165) is 46.6 Å². The molecule has 2 aromatic carbocycles. The first-order valence-electron chi connectivity index (χ1n) is 11.8. The van der Waals surface area contributed by atoms with Crippen LogP contribution >= 0.6 is 0 Å². The van der Waals surface area contributed by atoms with Gasteiger partial charge in [-0.25, -0.2) is 4.79 Å². The molecule has 4 aromatic rings. The van der Waals surface area contributed by atoms with Crippen molar-refractivity contribution in [1.29, 1.82) is 0 Å². The van der Waals surface area contributed by atoms with Gasteiger partial charge in [-0.1, -0.05) is 5.16 Å².